The Labute approximate surface area is 135 Å². The van der Waals surface area contributed by atoms with Crippen LogP contribution in [0.1, 0.15) is 11.1 Å². The fraction of sp³-hybridized carbons (Fsp3) is 0.150. The lowest BCUT2D eigenvalue weighted by atomic mass is 10.1. The van der Waals surface area contributed by atoms with E-state index in [0.717, 1.165) is 23.5 Å². The summed E-state index contributed by atoms with van der Waals surface area (Å²) in [5.74, 6) is 0.771. The van der Waals surface area contributed by atoms with Crippen molar-refractivity contribution in [3.8, 4) is 5.75 Å². The molecular weight excluding hydrogens is 288 g/mol. The van der Waals surface area contributed by atoms with Gasteiger partial charge < -0.3 is 9.47 Å². The van der Waals surface area contributed by atoms with E-state index in [1.165, 1.54) is 0 Å². The Hall–Kier alpha value is -2.65. The van der Waals surface area contributed by atoms with Crippen LogP contribution in [0, 0.1) is 0 Å². The van der Waals surface area contributed by atoms with Gasteiger partial charge in [0.1, 0.15) is 18.5 Å². The maximum absolute atomic E-state index is 11.8. The smallest absolute Gasteiger partial charge is 0.178 e. The molecule has 0 bridgehead atoms. The first kappa shape index (κ1) is 15.3. The fourth-order valence-corrected chi connectivity index (χ4v) is 2.01. The van der Waals surface area contributed by atoms with Crippen LogP contribution < -0.4 is 4.74 Å². The van der Waals surface area contributed by atoms with Crippen LogP contribution in [0.4, 0.5) is 0 Å². The second-order valence-electron chi connectivity index (χ2n) is 5.32. The molecule has 23 heavy (non-hydrogen) atoms. The average Bonchev–Trinajstić information content (AvgIpc) is 3.42. The van der Waals surface area contributed by atoms with Crippen LogP contribution in [-0.2, 0) is 9.53 Å². The molecule has 1 heterocycles. The van der Waals surface area contributed by atoms with Crippen LogP contribution in [0.3, 0.4) is 0 Å². The standard InChI is InChI=1S/C20H18O3/c21-18(10-6-16-4-2-1-3-5-16)11-7-17-8-12-19(13-9-17)22-14-20-15-23-20/h1-13,20H,14-15H2. The molecule has 3 nitrogen and oxygen atoms in total. The molecule has 116 valence electrons. The van der Waals surface area contributed by atoms with Crippen molar-refractivity contribution in [2.75, 3.05) is 13.2 Å². The molecule has 0 amide bonds. The highest BCUT2D eigenvalue weighted by atomic mass is 16.6. The molecule has 1 aliphatic heterocycles. The predicted octanol–water partition coefficient (Wildman–Crippen LogP) is 3.76. The number of rotatable bonds is 7. The van der Waals surface area contributed by atoms with Gasteiger partial charge in [0.25, 0.3) is 0 Å². The van der Waals surface area contributed by atoms with Gasteiger partial charge in [0.05, 0.1) is 6.61 Å². The first-order valence-corrected chi connectivity index (χ1v) is 7.59. The minimum absolute atomic E-state index is 0.0416. The summed E-state index contributed by atoms with van der Waals surface area (Å²) in [6, 6.07) is 17.4. The van der Waals surface area contributed by atoms with E-state index in [1.54, 1.807) is 18.2 Å². The van der Waals surface area contributed by atoms with Gasteiger partial charge in [-0.15, -0.1) is 0 Å². The molecule has 1 fully saturated rings. The molecule has 2 aromatic carbocycles. The monoisotopic (exact) mass is 306 g/mol. The van der Waals surface area contributed by atoms with Gasteiger partial charge in [-0.2, -0.15) is 0 Å². The molecule has 0 radical (unpaired) electrons. The molecular formula is C20H18O3. The second-order valence-corrected chi connectivity index (χ2v) is 5.32. The third-order valence-electron chi connectivity index (χ3n) is 3.40. The number of carbonyl (C=O) groups is 1. The topological polar surface area (TPSA) is 38.8 Å². The Morgan fingerprint density at radius 3 is 2.22 bits per heavy atom. The van der Waals surface area contributed by atoms with Gasteiger partial charge in [-0.3, -0.25) is 4.79 Å². The summed E-state index contributed by atoms with van der Waals surface area (Å²) in [6.45, 7) is 1.39. The van der Waals surface area contributed by atoms with Gasteiger partial charge >= 0.3 is 0 Å². The van der Waals surface area contributed by atoms with Gasteiger partial charge in [-0.1, -0.05) is 54.6 Å². The van der Waals surface area contributed by atoms with Crippen molar-refractivity contribution in [3.63, 3.8) is 0 Å². The Morgan fingerprint density at radius 1 is 1.00 bits per heavy atom. The summed E-state index contributed by atoms with van der Waals surface area (Å²) in [7, 11) is 0. The number of carbonyl (C=O) groups excluding carboxylic acids is 1. The van der Waals surface area contributed by atoms with Crippen molar-refractivity contribution in [3.05, 3.63) is 77.9 Å². The minimum atomic E-state index is -0.0416. The molecule has 1 saturated heterocycles. The SMILES string of the molecule is O=C(C=Cc1ccccc1)C=Cc1ccc(OCC2CO2)cc1. The predicted molar refractivity (Wildman–Crippen MR) is 91.2 cm³/mol. The number of benzene rings is 2. The fourth-order valence-electron chi connectivity index (χ4n) is 2.01. The Morgan fingerprint density at radius 2 is 1.61 bits per heavy atom. The van der Waals surface area contributed by atoms with Crippen molar-refractivity contribution in [1.82, 2.24) is 0 Å². The van der Waals surface area contributed by atoms with Crippen molar-refractivity contribution in [2.45, 2.75) is 6.10 Å². The van der Waals surface area contributed by atoms with Crippen LogP contribution in [0.15, 0.2) is 66.7 Å². The van der Waals surface area contributed by atoms with Crippen molar-refractivity contribution in [1.29, 1.82) is 0 Å². The molecule has 0 N–H and O–H groups in total. The normalized spacial score (nSPS) is 16.8. The molecule has 3 heteroatoms. The van der Waals surface area contributed by atoms with Crippen molar-refractivity contribution in [2.24, 2.45) is 0 Å². The summed E-state index contributed by atoms with van der Waals surface area (Å²) in [5.41, 5.74) is 1.97. The summed E-state index contributed by atoms with van der Waals surface area (Å²) in [6.07, 6.45) is 6.99. The summed E-state index contributed by atoms with van der Waals surface area (Å²) >= 11 is 0. The molecule has 0 aliphatic carbocycles. The number of ether oxygens (including phenoxy) is 2. The van der Waals surface area contributed by atoms with E-state index in [4.69, 9.17) is 9.47 Å². The summed E-state index contributed by atoms with van der Waals surface area (Å²) in [4.78, 5) is 11.8. The largest absolute Gasteiger partial charge is 0.491 e. The summed E-state index contributed by atoms with van der Waals surface area (Å²) < 4.78 is 10.7. The summed E-state index contributed by atoms with van der Waals surface area (Å²) in [5, 5.41) is 0. The molecule has 0 aromatic heterocycles. The number of allylic oxidation sites excluding steroid dienone is 2. The molecule has 3 rings (SSSR count). The molecule has 1 unspecified atom stereocenters. The van der Waals surface area contributed by atoms with Gasteiger partial charge in [-0.05, 0) is 35.4 Å². The van der Waals surface area contributed by atoms with Gasteiger partial charge in [0, 0.05) is 0 Å². The lowest BCUT2D eigenvalue weighted by molar-refractivity contribution is -0.110. The van der Waals surface area contributed by atoms with E-state index in [-0.39, 0.29) is 11.9 Å². The lowest BCUT2D eigenvalue weighted by Crippen LogP contribution is -2.03. The highest BCUT2D eigenvalue weighted by molar-refractivity contribution is 6.04. The Kier molecular flexibility index (Phi) is 5.02. The van der Waals surface area contributed by atoms with E-state index in [0.29, 0.717) is 6.61 Å². The quantitative estimate of drug-likeness (QED) is 0.577. The highest BCUT2D eigenvalue weighted by Gasteiger charge is 2.22. The number of ketones is 1. The van der Waals surface area contributed by atoms with Crippen molar-refractivity contribution >= 4 is 17.9 Å². The van der Waals surface area contributed by atoms with Crippen molar-refractivity contribution < 1.29 is 14.3 Å². The molecule has 1 atom stereocenters. The van der Waals surface area contributed by atoms with Gasteiger partial charge in [-0.25, -0.2) is 0 Å². The molecule has 0 spiro atoms. The zero-order chi connectivity index (χ0) is 15.9. The third kappa shape index (κ3) is 5.24. The average molecular weight is 306 g/mol. The van der Waals surface area contributed by atoms with Crippen LogP contribution in [0.5, 0.6) is 5.75 Å². The van der Waals surface area contributed by atoms with Crippen LogP contribution in [0.25, 0.3) is 12.2 Å². The maximum Gasteiger partial charge on any atom is 0.178 e. The minimum Gasteiger partial charge on any atom is -0.491 e. The lowest BCUT2D eigenvalue weighted by Gasteiger charge is -2.03. The van der Waals surface area contributed by atoms with E-state index >= 15 is 0 Å². The van der Waals surface area contributed by atoms with E-state index in [1.807, 2.05) is 60.7 Å². The van der Waals surface area contributed by atoms with Crippen LogP contribution in [-0.4, -0.2) is 25.1 Å². The highest BCUT2D eigenvalue weighted by Crippen LogP contribution is 2.16. The van der Waals surface area contributed by atoms with E-state index < -0.39 is 0 Å². The zero-order valence-electron chi connectivity index (χ0n) is 12.7. The second kappa shape index (κ2) is 7.56. The molecule has 0 saturated carbocycles. The van der Waals surface area contributed by atoms with Gasteiger partial charge in [0.2, 0.25) is 0 Å². The number of hydrogen-bond acceptors (Lipinski definition) is 3. The van der Waals surface area contributed by atoms with E-state index in [2.05, 4.69) is 0 Å². The zero-order valence-corrected chi connectivity index (χ0v) is 12.7. The van der Waals surface area contributed by atoms with E-state index in [9.17, 15) is 4.79 Å². The third-order valence-corrected chi connectivity index (χ3v) is 3.40. The first-order valence-electron chi connectivity index (χ1n) is 7.59. The maximum atomic E-state index is 11.8. The Balaban J connectivity index is 1.52. The number of epoxide rings is 1. The van der Waals surface area contributed by atoms with Crippen LogP contribution >= 0.6 is 0 Å². The first-order chi connectivity index (χ1) is 11.3. The van der Waals surface area contributed by atoms with Gasteiger partial charge in [0.15, 0.2) is 5.78 Å². The number of hydrogen-bond donors (Lipinski definition) is 0. The Bertz CT molecular complexity index is 695. The van der Waals surface area contributed by atoms with Crippen LogP contribution in [0.2, 0.25) is 0 Å². The molecule has 2 aromatic rings. The molecule has 1 aliphatic rings.